The number of nitrogens with two attached hydrogens (primary N) is 1. The van der Waals surface area contributed by atoms with Crippen molar-refractivity contribution in [3.05, 3.63) is 12.2 Å². The fourth-order valence-electron chi connectivity index (χ4n) is 1.62. The Labute approximate surface area is 91.9 Å². The van der Waals surface area contributed by atoms with Crippen molar-refractivity contribution in [3.8, 4) is 0 Å². The molecule has 2 N–H and O–H groups in total. The summed E-state index contributed by atoms with van der Waals surface area (Å²) < 4.78 is 2.16. The van der Waals surface area contributed by atoms with E-state index < -0.39 is 0 Å². The van der Waals surface area contributed by atoms with Gasteiger partial charge in [0, 0.05) is 13.0 Å². The van der Waals surface area contributed by atoms with Crippen LogP contribution in [0.2, 0.25) is 0 Å². The van der Waals surface area contributed by atoms with Crippen LogP contribution in [0.4, 0.5) is 0 Å². The highest BCUT2D eigenvalue weighted by molar-refractivity contribution is 4.86. The van der Waals surface area contributed by atoms with Crippen molar-refractivity contribution in [2.45, 2.75) is 46.1 Å². The average molecular weight is 210 g/mol. The fraction of sp³-hybridized carbons (Fsp3) is 0.818. The third-order valence-electron chi connectivity index (χ3n) is 2.36. The second kappa shape index (κ2) is 6.56. The maximum Gasteiger partial charge on any atom is 0.132 e. The molecule has 1 aromatic heterocycles. The summed E-state index contributed by atoms with van der Waals surface area (Å²) >= 11 is 0. The van der Waals surface area contributed by atoms with E-state index >= 15 is 0 Å². The molecule has 0 saturated carbocycles. The number of aromatic nitrogens is 3. The van der Waals surface area contributed by atoms with Crippen LogP contribution in [-0.2, 0) is 13.0 Å². The summed E-state index contributed by atoms with van der Waals surface area (Å²) in [5.74, 6) is 1.75. The third-order valence-corrected chi connectivity index (χ3v) is 2.36. The van der Waals surface area contributed by atoms with Gasteiger partial charge in [-0.25, -0.2) is 0 Å². The van der Waals surface area contributed by atoms with Gasteiger partial charge in [-0.2, -0.15) is 0 Å². The Kier molecular flexibility index (Phi) is 5.32. The molecule has 0 saturated heterocycles. The van der Waals surface area contributed by atoms with Gasteiger partial charge in [-0.05, 0) is 25.3 Å². The first-order valence-corrected chi connectivity index (χ1v) is 5.80. The van der Waals surface area contributed by atoms with Gasteiger partial charge in [0.1, 0.15) is 12.2 Å². The predicted octanol–water partition coefficient (Wildman–Crippen LogP) is 1.61. The monoisotopic (exact) mass is 210 g/mol. The van der Waals surface area contributed by atoms with Crippen molar-refractivity contribution in [2.24, 2.45) is 11.7 Å². The highest BCUT2D eigenvalue weighted by Gasteiger charge is 2.05. The molecular weight excluding hydrogens is 188 g/mol. The number of hydrogen-bond donors (Lipinski definition) is 1. The van der Waals surface area contributed by atoms with Crippen molar-refractivity contribution in [2.75, 3.05) is 6.54 Å². The van der Waals surface area contributed by atoms with Gasteiger partial charge in [0.15, 0.2) is 0 Å². The summed E-state index contributed by atoms with van der Waals surface area (Å²) in [6, 6.07) is 0. The molecule has 0 amide bonds. The van der Waals surface area contributed by atoms with Crippen LogP contribution in [-0.4, -0.2) is 21.3 Å². The minimum absolute atomic E-state index is 0.642. The third kappa shape index (κ3) is 4.42. The Morgan fingerprint density at radius 2 is 2.13 bits per heavy atom. The summed E-state index contributed by atoms with van der Waals surface area (Å²) in [4.78, 5) is 0. The molecule has 1 rings (SSSR count). The molecule has 0 radical (unpaired) electrons. The van der Waals surface area contributed by atoms with E-state index in [1.807, 2.05) is 6.33 Å². The smallest absolute Gasteiger partial charge is 0.132 e. The van der Waals surface area contributed by atoms with E-state index in [1.54, 1.807) is 0 Å². The molecule has 1 aromatic rings. The van der Waals surface area contributed by atoms with E-state index in [2.05, 4.69) is 28.6 Å². The summed E-state index contributed by atoms with van der Waals surface area (Å²) in [6.07, 6.45) is 6.31. The number of nitrogens with zero attached hydrogens (tertiary/aromatic N) is 3. The molecule has 0 fully saturated rings. The van der Waals surface area contributed by atoms with Gasteiger partial charge < -0.3 is 10.3 Å². The molecule has 0 bridgehead atoms. The van der Waals surface area contributed by atoms with Crippen LogP contribution in [0, 0.1) is 5.92 Å². The van der Waals surface area contributed by atoms with E-state index in [-0.39, 0.29) is 0 Å². The van der Waals surface area contributed by atoms with Crippen LogP contribution in [0.1, 0.15) is 38.9 Å². The molecule has 15 heavy (non-hydrogen) atoms. The molecule has 0 atom stereocenters. The number of aryl methyl sites for hydroxylation is 1. The molecule has 0 aliphatic rings. The zero-order valence-electron chi connectivity index (χ0n) is 9.82. The van der Waals surface area contributed by atoms with E-state index in [1.165, 1.54) is 6.42 Å². The SMILES string of the molecule is CC(C)Cn1cnnc1CCCCCN. The quantitative estimate of drug-likeness (QED) is 0.695. The van der Waals surface area contributed by atoms with E-state index in [4.69, 9.17) is 5.73 Å². The molecule has 0 aromatic carbocycles. The summed E-state index contributed by atoms with van der Waals surface area (Å²) in [7, 11) is 0. The van der Waals surface area contributed by atoms with Crippen LogP contribution >= 0.6 is 0 Å². The lowest BCUT2D eigenvalue weighted by Gasteiger charge is -2.08. The molecule has 4 heteroatoms. The predicted molar refractivity (Wildman–Crippen MR) is 61.5 cm³/mol. The Balaban J connectivity index is 2.36. The van der Waals surface area contributed by atoms with Crippen molar-refractivity contribution in [1.82, 2.24) is 14.8 Å². The van der Waals surface area contributed by atoms with Crippen LogP contribution in [0.5, 0.6) is 0 Å². The lowest BCUT2D eigenvalue weighted by atomic mass is 10.2. The van der Waals surface area contributed by atoms with E-state index in [9.17, 15) is 0 Å². The molecule has 0 aliphatic carbocycles. The Hall–Kier alpha value is -0.900. The topological polar surface area (TPSA) is 56.7 Å². The van der Waals surface area contributed by atoms with Crippen molar-refractivity contribution >= 4 is 0 Å². The van der Waals surface area contributed by atoms with Crippen molar-refractivity contribution in [3.63, 3.8) is 0 Å². The summed E-state index contributed by atoms with van der Waals surface area (Å²) in [6.45, 7) is 6.22. The van der Waals surface area contributed by atoms with Gasteiger partial charge in [-0.1, -0.05) is 20.3 Å². The number of hydrogen-bond acceptors (Lipinski definition) is 3. The molecule has 0 spiro atoms. The number of unbranched alkanes of at least 4 members (excludes halogenated alkanes) is 2. The minimum Gasteiger partial charge on any atom is -0.330 e. The van der Waals surface area contributed by atoms with E-state index in [0.717, 1.165) is 38.2 Å². The maximum atomic E-state index is 5.45. The van der Waals surface area contributed by atoms with E-state index in [0.29, 0.717) is 5.92 Å². The Bertz CT molecular complexity index is 267. The van der Waals surface area contributed by atoms with Crippen molar-refractivity contribution in [1.29, 1.82) is 0 Å². The van der Waals surface area contributed by atoms with Crippen LogP contribution in [0.15, 0.2) is 6.33 Å². The standard InChI is InChI=1S/C11H22N4/c1-10(2)8-15-9-13-14-11(15)6-4-3-5-7-12/h9-10H,3-8,12H2,1-2H3. The van der Waals surface area contributed by atoms with Crippen molar-refractivity contribution < 1.29 is 0 Å². The molecule has 86 valence electrons. The fourth-order valence-corrected chi connectivity index (χ4v) is 1.62. The normalized spacial score (nSPS) is 11.2. The Morgan fingerprint density at radius 1 is 1.33 bits per heavy atom. The Morgan fingerprint density at radius 3 is 2.80 bits per heavy atom. The number of rotatable bonds is 7. The van der Waals surface area contributed by atoms with Crippen LogP contribution in [0.3, 0.4) is 0 Å². The van der Waals surface area contributed by atoms with Gasteiger partial charge in [0.25, 0.3) is 0 Å². The van der Waals surface area contributed by atoms with Gasteiger partial charge in [0.2, 0.25) is 0 Å². The summed E-state index contributed by atoms with van der Waals surface area (Å²) in [5.41, 5.74) is 5.45. The van der Waals surface area contributed by atoms with Gasteiger partial charge >= 0.3 is 0 Å². The van der Waals surface area contributed by atoms with Crippen LogP contribution in [0.25, 0.3) is 0 Å². The zero-order chi connectivity index (χ0) is 11.1. The molecule has 0 aliphatic heterocycles. The maximum absolute atomic E-state index is 5.45. The van der Waals surface area contributed by atoms with Gasteiger partial charge in [-0.15, -0.1) is 10.2 Å². The summed E-state index contributed by atoms with van der Waals surface area (Å²) in [5, 5.41) is 8.11. The second-order valence-electron chi connectivity index (χ2n) is 4.39. The van der Waals surface area contributed by atoms with Gasteiger partial charge in [0.05, 0.1) is 0 Å². The molecule has 4 nitrogen and oxygen atoms in total. The molecule has 1 heterocycles. The highest BCUT2D eigenvalue weighted by Crippen LogP contribution is 2.06. The first kappa shape index (κ1) is 12.2. The van der Waals surface area contributed by atoms with Crippen LogP contribution < -0.4 is 5.73 Å². The average Bonchev–Trinajstić information content (AvgIpc) is 2.59. The second-order valence-corrected chi connectivity index (χ2v) is 4.39. The van der Waals surface area contributed by atoms with Gasteiger partial charge in [-0.3, -0.25) is 0 Å². The lowest BCUT2D eigenvalue weighted by Crippen LogP contribution is -2.08. The first-order chi connectivity index (χ1) is 7.24. The largest absolute Gasteiger partial charge is 0.330 e. The first-order valence-electron chi connectivity index (χ1n) is 5.80. The highest BCUT2D eigenvalue weighted by atomic mass is 15.3. The molecular formula is C11H22N4. The minimum atomic E-state index is 0.642. The molecule has 0 unspecified atom stereocenters. The zero-order valence-corrected chi connectivity index (χ0v) is 9.82. The lowest BCUT2D eigenvalue weighted by molar-refractivity contribution is 0.501.